The van der Waals surface area contributed by atoms with Gasteiger partial charge in [0.15, 0.2) is 11.6 Å². The maximum Gasteiger partial charge on any atom is 0.346 e. The average Bonchev–Trinajstić information content (AvgIpc) is 3.32. The van der Waals surface area contributed by atoms with Gasteiger partial charge >= 0.3 is 5.97 Å². The molecule has 0 saturated heterocycles. The van der Waals surface area contributed by atoms with Crippen LogP contribution in [0.25, 0.3) is 0 Å². The molecule has 5 nitrogen and oxygen atoms in total. The molecule has 6 rings (SSSR count). The molecule has 0 aromatic carbocycles. The number of carbonyl (C=O) groups excluding carboxylic acids is 3. The standard InChI is InChI=1S/C36H52O5/c1-33-20-17-27(37)23-26(33)15-16-28-29(33)18-21-34(2)30(28)19-22-35(34,24-11-7-5-8-12-24)31(38)36(41-4,32(39)40-3)25-13-9-6-10-14-25/h17,20,23-25,28-30H,5-16,18-19,21-22H2,1-4H3/t28-,29+,30+,33+,34+,35+,36?/m1/s1. The molecular weight excluding hydrogens is 512 g/mol. The lowest BCUT2D eigenvalue weighted by atomic mass is 9.42. The van der Waals surface area contributed by atoms with Gasteiger partial charge in [-0.15, -0.1) is 0 Å². The van der Waals surface area contributed by atoms with Crippen LogP contribution < -0.4 is 0 Å². The number of fused-ring (bicyclic) bond motifs is 5. The highest BCUT2D eigenvalue weighted by atomic mass is 16.6. The molecular formula is C36H52O5. The molecule has 0 heterocycles. The minimum atomic E-state index is -1.51. The first-order chi connectivity index (χ1) is 19.7. The Morgan fingerprint density at radius 3 is 2.17 bits per heavy atom. The van der Waals surface area contributed by atoms with Gasteiger partial charge in [-0.3, -0.25) is 9.59 Å². The van der Waals surface area contributed by atoms with Gasteiger partial charge in [0.1, 0.15) is 0 Å². The minimum Gasteiger partial charge on any atom is -0.467 e. The second-order valence-corrected chi connectivity index (χ2v) is 15.0. The van der Waals surface area contributed by atoms with Crippen LogP contribution in [0.4, 0.5) is 0 Å². The van der Waals surface area contributed by atoms with Gasteiger partial charge in [0.2, 0.25) is 5.60 Å². The van der Waals surface area contributed by atoms with E-state index in [1.54, 1.807) is 13.2 Å². The normalized spacial score (nSPS) is 41.0. The number of Topliss-reactive ketones (excluding diaryl/α,β-unsaturated/α-hetero) is 1. The molecule has 226 valence electrons. The molecule has 0 aromatic rings. The van der Waals surface area contributed by atoms with Gasteiger partial charge in [-0.05, 0) is 105 Å². The lowest BCUT2D eigenvalue weighted by Gasteiger charge is -2.61. The fraction of sp³-hybridized carbons (Fsp3) is 0.806. The lowest BCUT2D eigenvalue weighted by molar-refractivity contribution is -0.196. The molecule has 0 bridgehead atoms. The summed E-state index contributed by atoms with van der Waals surface area (Å²) in [5, 5.41) is 0. The number of esters is 1. The van der Waals surface area contributed by atoms with E-state index >= 15 is 4.79 Å². The predicted molar refractivity (Wildman–Crippen MR) is 159 cm³/mol. The Kier molecular flexibility index (Phi) is 7.69. The first-order valence-electron chi connectivity index (χ1n) is 16.8. The highest BCUT2D eigenvalue weighted by molar-refractivity contribution is 6.11. The summed E-state index contributed by atoms with van der Waals surface area (Å²) in [6.07, 6.45) is 22.6. The van der Waals surface area contributed by atoms with E-state index in [9.17, 15) is 9.59 Å². The Morgan fingerprint density at radius 1 is 0.854 bits per heavy atom. The van der Waals surface area contributed by atoms with E-state index in [0.29, 0.717) is 23.7 Å². The van der Waals surface area contributed by atoms with Crippen LogP contribution in [0.15, 0.2) is 23.8 Å². The summed E-state index contributed by atoms with van der Waals surface area (Å²) in [4.78, 5) is 41.9. The molecule has 7 atom stereocenters. The molecule has 0 aliphatic heterocycles. The third-order valence-corrected chi connectivity index (χ3v) is 13.9. The molecule has 41 heavy (non-hydrogen) atoms. The smallest absolute Gasteiger partial charge is 0.346 e. The quantitative estimate of drug-likeness (QED) is 0.246. The molecule has 5 heteroatoms. The van der Waals surface area contributed by atoms with Crippen LogP contribution in [0, 0.1) is 45.8 Å². The van der Waals surface area contributed by atoms with Gasteiger partial charge < -0.3 is 9.47 Å². The Morgan fingerprint density at radius 2 is 1.51 bits per heavy atom. The number of hydrogen-bond donors (Lipinski definition) is 0. The van der Waals surface area contributed by atoms with Gasteiger partial charge in [-0.25, -0.2) is 4.79 Å². The minimum absolute atomic E-state index is 0.0668. The van der Waals surface area contributed by atoms with Crippen molar-refractivity contribution in [2.45, 2.75) is 122 Å². The molecule has 1 unspecified atom stereocenters. The van der Waals surface area contributed by atoms with Crippen LogP contribution in [0.1, 0.15) is 117 Å². The van der Waals surface area contributed by atoms with E-state index in [1.807, 2.05) is 6.08 Å². The fourth-order valence-corrected chi connectivity index (χ4v) is 11.9. The number of rotatable bonds is 6. The Balaban J connectivity index is 1.44. The van der Waals surface area contributed by atoms with Gasteiger partial charge in [-0.2, -0.15) is 0 Å². The molecule has 0 aromatic heterocycles. The third kappa shape index (κ3) is 4.06. The van der Waals surface area contributed by atoms with E-state index in [0.717, 1.165) is 83.5 Å². The molecule has 6 aliphatic rings. The Labute approximate surface area is 247 Å². The first kappa shape index (κ1) is 29.3. The number of carbonyl (C=O) groups is 3. The highest BCUT2D eigenvalue weighted by Gasteiger charge is 2.72. The average molecular weight is 565 g/mol. The van der Waals surface area contributed by atoms with E-state index < -0.39 is 17.0 Å². The van der Waals surface area contributed by atoms with Crippen LogP contribution in [0.5, 0.6) is 0 Å². The van der Waals surface area contributed by atoms with Crippen molar-refractivity contribution in [2.75, 3.05) is 14.2 Å². The molecule has 0 spiro atoms. The van der Waals surface area contributed by atoms with Crippen LogP contribution in [0.2, 0.25) is 0 Å². The van der Waals surface area contributed by atoms with Crippen molar-refractivity contribution in [3.63, 3.8) is 0 Å². The van der Waals surface area contributed by atoms with Crippen molar-refractivity contribution in [1.29, 1.82) is 0 Å². The van der Waals surface area contributed by atoms with E-state index in [1.165, 1.54) is 31.9 Å². The zero-order chi connectivity index (χ0) is 29.0. The van der Waals surface area contributed by atoms with E-state index in [4.69, 9.17) is 9.47 Å². The largest absolute Gasteiger partial charge is 0.467 e. The fourth-order valence-electron chi connectivity index (χ4n) is 11.9. The Bertz CT molecular complexity index is 1120. The third-order valence-electron chi connectivity index (χ3n) is 13.9. The summed E-state index contributed by atoms with van der Waals surface area (Å²) in [6.45, 7) is 4.80. The zero-order valence-corrected chi connectivity index (χ0v) is 26.0. The van der Waals surface area contributed by atoms with Crippen molar-refractivity contribution < 1.29 is 23.9 Å². The Hall–Kier alpha value is -1.75. The summed E-state index contributed by atoms with van der Waals surface area (Å²) in [7, 11) is 3.02. The first-order valence-corrected chi connectivity index (χ1v) is 16.8. The van der Waals surface area contributed by atoms with Crippen LogP contribution >= 0.6 is 0 Å². The van der Waals surface area contributed by atoms with Gasteiger partial charge in [-0.1, -0.05) is 64.0 Å². The molecule has 5 fully saturated rings. The van der Waals surface area contributed by atoms with Crippen LogP contribution in [-0.4, -0.2) is 37.4 Å². The molecule has 0 radical (unpaired) electrons. The number of ketones is 2. The highest BCUT2D eigenvalue weighted by Crippen LogP contribution is 2.73. The van der Waals surface area contributed by atoms with Crippen molar-refractivity contribution >= 4 is 17.5 Å². The topological polar surface area (TPSA) is 69.7 Å². The predicted octanol–water partition coefficient (Wildman–Crippen LogP) is 7.57. The van der Waals surface area contributed by atoms with Gasteiger partial charge in [0.05, 0.1) is 7.11 Å². The van der Waals surface area contributed by atoms with Crippen LogP contribution in [0.3, 0.4) is 0 Å². The maximum atomic E-state index is 15.7. The molecule has 5 saturated carbocycles. The molecule has 6 aliphatic carbocycles. The lowest BCUT2D eigenvalue weighted by Crippen LogP contribution is -2.66. The van der Waals surface area contributed by atoms with E-state index in [2.05, 4.69) is 19.9 Å². The zero-order valence-electron chi connectivity index (χ0n) is 26.0. The van der Waals surface area contributed by atoms with Crippen molar-refractivity contribution in [3.05, 3.63) is 23.8 Å². The SMILES string of the molecule is COC(=O)C(OC)(C(=O)[C@@]1(C2CCCCC2)CC[C@H]2[C@@H]3CCC4=CC(=O)C=C[C@]4(C)[C@H]3CC[C@@]21C)C1CCCCC1. The summed E-state index contributed by atoms with van der Waals surface area (Å²) < 4.78 is 11.8. The number of ether oxygens (including phenoxy) is 2. The molecule has 0 N–H and O–H groups in total. The second-order valence-electron chi connectivity index (χ2n) is 15.0. The van der Waals surface area contributed by atoms with Crippen molar-refractivity contribution in [1.82, 2.24) is 0 Å². The van der Waals surface area contributed by atoms with Crippen LogP contribution in [-0.2, 0) is 23.9 Å². The summed E-state index contributed by atoms with van der Waals surface area (Å²) >= 11 is 0. The van der Waals surface area contributed by atoms with Gasteiger partial charge in [0, 0.05) is 23.9 Å². The number of methoxy groups -OCH3 is 2. The van der Waals surface area contributed by atoms with Crippen molar-refractivity contribution in [2.24, 2.45) is 45.8 Å². The van der Waals surface area contributed by atoms with Crippen molar-refractivity contribution in [3.8, 4) is 0 Å². The summed E-state index contributed by atoms with van der Waals surface area (Å²) in [6, 6.07) is 0. The maximum absolute atomic E-state index is 15.7. The summed E-state index contributed by atoms with van der Waals surface area (Å²) in [5.74, 6) is 1.37. The van der Waals surface area contributed by atoms with E-state index in [-0.39, 0.29) is 28.3 Å². The van der Waals surface area contributed by atoms with Gasteiger partial charge in [0.25, 0.3) is 0 Å². The number of hydrogen-bond acceptors (Lipinski definition) is 5. The second kappa shape index (κ2) is 10.8. The number of allylic oxidation sites excluding steroid dienone is 4. The summed E-state index contributed by atoms with van der Waals surface area (Å²) in [5.41, 5.74) is -1.01. The monoisotopic (exact) mass is 564 g/mol. The molecule has 0 amide bonds.